The zero-order valence-electron chi connectivity index (χ0n) is 22.1. The topological polar surface area (TPSA) is 107 Å². The lowest BCUT2D eigenvalue weighted by Gasteiger charge is -2.29. The predicted octanol–water partition coefficient (Wildman–Crippen LogP) is 5.38. The molecule has 1 saturated heterocycles. The van der Waals surface area contributed by atoms with Crippen molar-refractivity contribution < 1.29 is 4.79 Å². The van der Waals surface area contributed by atoms with Crippen molar-refractivity contribution >= 4 is 46.3 Å². The van der Waals surface area contributed by atoms with Crippen LogP contribution in [0, 0.1) is 5.92 Å². The molecule has 1 atom stereocenters. The maximum absolute atomic E-state index is 13.2. The molecule has 4 N–H and O–H groups in total. The minimum absolute atomic E-state index is 0.0559. The molecule has 3 aromatic rings. The molecule has 202 valence electrons. The van der Waals surface area contributed by atoms with Crippen LogP contribution in [0.5, 0.6) is 0 Å². The summed E-state index contributed by atoms with van der Waals surface area (Å²) < 4.78 is 0. The number of likely N-dealkylation sites (tertiary alicyclic amines) is 1. The lowest BCUT2D eigenvalue weighted by Crippen LogP contribution is -2.31. The van der Waals surface area contributed by atoms with Crippen LogP contribution < -0.4 is 21.3 Å². The van der Waals surface area contributed by atoms with Crippen molar-refractivity contribution in [2.24, 2.45) is 5.92 Å². The fourth-order valence-electron chi connectivity index (χ4n) is 5.57. The van der Waals surface area contributed by atoms with Gasteiger partial charge in [0.1, 0.15) is 10.8 Å². The Morgan fingerprint density at radius 2 is 2.00 bits per heavy atom. The molecule has 1 saturated carbocycles. The first-order valence-electron chi connectivity index (χ1n) is 13.6. The highest BCUT2D eigenvalue weighted by Gasteiger charge is 2.28. The molecule has 1 aliphatic carbocycles. The van der Waals surface area contributed by atoms with Crippen LogP contribution in [-0.4, -0.2) is 45.9 Å². The predicted molar refractivity (Wildman–Crippen MR) is 155 cm³/mol. The maximum Gasteiger partial charge on any atom is 0.229 e. The number of amides is 1. The first-order chi connectivity index (χ1) is 19.0. The number of pyridine rings is 1. The van der Waals surface area contributed by atoms with Gasteiger partial charge in [0.15, 0.2) is 5.82 Å². The summed E-state index contributed by atoms with van der Waals surface area (Å²) in [5, 5.41) is 13.5. The van der Waals surface area contributed by atoms with Crippen LogP contribution in [0.25, 0.3) is 0 Å². The van der Waals surface area contributed by atoms with Crippen LogP contribution in [-0.2, 0) is 17.6 Å². The van der Waals surface area contributed by atoms with Gasteiger partial charge in [-0.2, -0.15) is 4.98 Å². The third kappa shape index (κ3) is 5.78. The Hall–Kier alpha value is -3.85. The Morgan fingerprint density at radius 3 is 2.82 bits per heavy atom. The second kappa shape index (κ2) is 11.1. The number of halogens is 1. The van der Waals surface area contributed by atoms with Crippen LogP contribution >= 0.6 is 11.6 Å². The molecular weight excluding hydrogens is 512 g/mol. The number of rotatable bonds is 5. The molecule has 2 fully saturated rings. The van der Waals surface area contributed by atoms with Gasteiger partial charge in [0, 0.05) is 44.1 Å². The van der Waals surface area contributed by atoms with Crippen LogP contribution in [0.2, 0.25) is 5.02 Å². The zero-order chi connectivity index (χ0) is 26.8. The highest BCUT2D eigenvalue weighted by Crippen LogP contribution is 2.33. The SMILES string of the molecule is CNC(=C1CCC1)N1CCC(CC(=O)Nc2ccc3cc2CCc2cncc(c2)Nc2ncc(Cl)c(n2)N3)C1. The summed E-state index contributed by atoms with van der Waals surface area (Å²) in [5.74, 6) is 2.61. The van der Waals surface area contributed by atoms with Crippen molar-refractivity contribution in [3.63, 3.8) is 0 Å². The molecule has 1 unspecified atom stereocenters. The lowest BCUT2D eigenvalue weighted by molar-refractivity contribution is -0.117. The number of aryl methyl sites for hydroxylation is 2. The standard InChI is InChI=1S/C29H33ClN8O/c1-31-28(20-3-2-4-20)38-10-9-19(17-38)12-26(39)36-25-8-7-22-13-21(25)6-5-18-11-23(15-32-14-18)35-29-33-16-24(30)27(34-22)37-29/h7-8,11,13-16,19,31H,2-6,9-10,12,17H2,1H3,(H,36,39)(H2,33,34,35,37). The number of anilines is 5. The van der Waals surface area contributed by atoms with Gasteiger partial charge in [-0.05, 0) is 85.4 Å². The number of carbonyl (C=O) groups is 1. The van der Waals surface area contributed by atoms with Crippen molar-refractivity contribution in [1.82, 2.24) is 25.2 Å². The van der Waals surface area contributed by atoms with Gasteiger partial charge in [-0.1, -0.05) is 11.6 Å². The molecule has 4 heterocycles. The molecule has 9 nitrogen and oxygen atoms in total. The van der Waals surface area contributed by atoms with Crippen molar-refractivity contribution in [3.8, 4) is 0 Å². The number of benzene rings is 1. The smallest absolute Gasteiger partial charge is 0.229 e. The third-order valence-electron chi connectivity index (χ3n) is 7.73. The van der Waals surface area contributed by atoms with Crippen LogP contribution in [0.3, 0.4) is 0 Å². The van der Waals surface area contributed by atoms with Gasteiger partial charge in [-0.3, -0.25) is 9.78 Å². The van der Waals surface area contributed by atoms with E-state index in [9.17, 15) is 4.79 Å². The lowest BCUT2D eigenvalue weighted by atomic mass is 9.92. The molecule has 1 aromatic carbocycles. The first kappa shape index (κ1) is 25.4. The summed E-state index contributed by atoms with van der Waals surface area (Å²) in [4.78, 5) is 28.8. The molecule has 2 aromatic heterocycles. The van der Waals surface area contributed by atoms with E-state index in [2.05, 4.69) is 47.2 Å². The summed E-state index contributed by atoms with van der Waals surface area (Å²) in [5.41, 5.74) is 6.12. The molecule has 6 bridgehead atoms. The van der Waals surface area contributed by atoms with Crippen LogP contribution in [0.1, 0.15) is 43.2 Å². The molecular formula is C29H33ClN8O. The Kier molecular flexibility index (Phi) is 7.24. The number of hydrogen-bond donors (Lipinski definition) is 4. The largest absolute Gasteiger partial charge is 0.375 e. The zero-order valence-corrected chi connectivity index (χ0v) is 22.8. The van der Waals surface area contributed by atoms with E-state index >= 15 is 0 Å². The molecule has 6 rings (SSSR count). The normalized spacial score (nSPS) is 17.9. The van der Waals surface area contributed by atoms with Gasteiger partial charge in [0.2, 0.25) is 11.9 Å². The maximum atomic E-state index is 13.2. The van der Waals surface area contributed by atoms with Crippen molar-refractivity contribution in [2.75, 3.05) is 36.1 Å². The number of nitrogens with one attached hydrogen (secondary N) is 4. The Balaban J connectivity index is 1.19. The number of aromatic nitrogens is 3. The Labute approximate surface area is 233 Å². The molecule has 10 heteroatoms. The van der Waals surface area contributed by atoms with Gasteiger partial charge >= 0.3 is 0 Å². The van der Waals surface area contributed by atoms with E-state index in [0.717, 1.165) is 60.5 Å². The van der Waals surface area contributed by atoms with Crippen LogP contribution in [0.4, 0.5) is 28.8 Å². The highest BCUT2D eigenvalue weighted by molar-refractivity contribution is 6.32. The molecule has 2 aliphatic heterocycles. The number of allylic oxidation sites excluding steroid dienone is 1. The van der Waals surface area contributed by atoms with Gasteiger partial charge in [0.25, 0.3) is 0 Å². The fraction of sp³-hybridized carbons (Fsp3) is 0.379. The van der Waals surface area contributed by atoms with E-state index in [0.29, 0.717) is 29.1 Å². The van der Waals surface area contributed by atoms with Crippen molar-refractivity contribution in [2.45, 2.75) is 44.9 Å². The minimum atomic E-state index is 0.0559. The van der Waals surface area contributed by atoms with Crippen molar-refractivity contribution in [1.29, 1.82) is 0 Å². The van der Waals surface area contributed by atoms with E-state index in [4.69, 9.17) is 11.6 Å². The average Bonchev–Trinajstić information content (AvgIpc) is 3.35. The fourth-order valence-corrected chi connectivity index (χ4v) is 5.71. The van der Waals surface area contributed by atoms with Gasteiger partial charge < -0.3 is 26.2 Å². The van der Waals surface area contributed by atoms with E-state index in [1.807, 2.05) is 31.4 Å². The second-order valence-electron chi connectivity index (χ2n) is 10.5. The summed E-state index contributed by atoms with van der Waals surface area (Å²) in [7, 11) is 2.01. The number of hydrogen-bond acceptors (Lipinski definition) is 8. The van der Waals surface area contributed by atoms with Crippen molar-refractivity contribution in [3.05, 3.63) is 70.4 Å². The monoisotopic (exact) mass is 544 g/mol. The van der Waals surface area contributed by atoms with Crippen LogP contribution in [0.15, 0.2) is 54.3 Å². The molecule has 1 amide bonds. The summed E-state index contributed by atoms with van der Waals surface area (Å²) in [6.45, 7) is 1.92. The van der Waals surface area contributed by atoms with Gasteiger partial charge in [-0.15, -0.1) is 0 Å². The molecule has 0 radical (unpaired) electrons. The minimum Gasteiger partial charge on any atom is -0.375 e. The summed E-state index contributed by atoms with van der Waals surface area (Å²) >= 11 is 6.39. The molecule has 0 spiro atoms. The Bertz CT molecular complexity index is 1420. The number of fused-ring (bicyclic) bond motifs is 6. The van der Waals surface area contributed by atoms with Gasteiger partial charge in [0.05, 0.1) is 18.1 Å². The molecule has 3 aliphatic rings. The summed E-state index contributed by atoms with van der Waals surface area (Å²) in [6.07, 6.45) is 11.9. The van der Waals surface area contributed by atoms with E-state index < -0.39 is 0 Å². The van der Waals surface area contributed by atoms with E-state index in [-0.39, 0.29) is 5.91 Å². The van der Waals surface area contributed by atoms with E-state index in [1.165, 1.54) is 30.7 Å². The first-order valence-corrected chi connectivity index (χ1v) is 14.0. The second-order valence-corrected chi connectivity index (χ2v) is 10.9. The third-order valence-corrected chi connectivity index (χ3v) is 8.00. The number of nitrogens with zero attached hydrogens (tertiary/aromatic N) is 4. The molecule has 39 heavy (non-hydrogen) atoms. The summed E-state index contributed by atoms with van der Waals surface area (Å²) in [6, 6.07) is 7.99. The Morgan fingerprint density at radius 1 is 1.10 bits per heavy atom. The number of carbonyl (C=O) groups excluding carboxylic acids is 1. The average molecular weight is 545 g/mol. The van der Waals surface area contributed by atoms with E-state index in [1.54, 1.807) is 12.4 Å². The quantitative estimate of drug-likeness (QED) is 0.339. The van der Waals surface area contributed by atoms with Gasteiger partial charge in [-0.25, -0.2) is 4.98 Å². The highest BCUT2D eigenvalue weighted by atomic mass is 35.5.